The van der Waals surface area contributed by atoms with Crippen molar-refractivity contribution in [2.75, 3.05) is 20.1 Å². The normalized spacial score (nSPS) is 23.1. The van der Waals surface area contributed by atoms with Crippen molar-refractivity contribution < 1.29 is 37.3 Å². The maximum Gasteiger partial charge on any atom is 0.491 e. The molecule has 1 aromatic carbocycles. The summed E-state index contributed by atoms with van der Waals surface area (Å²) in [4.78, 5) is 26.5. The SMILES string of the molecule is CN1CC[C@H](c2c(O)cc(OC(=O)C(F)(F)F)c3c(=O)cc(C4CCCCC4)oc23)[C@H](O)C1. The maximum absolute atomic E-state index is 13.1. The van der Waals surface area contributed by atoms with Crippen LogP contribution in [0.25, 0.3) is 11.0 Å². The lowest BCUT2D eigenvalue weighted by atomic mass is 9.84. The van der Waals surface area contributed by atoms with Gasteiger partial charge in [-0.25, -0.2) is 4.79 Å². The largest absolute Gasteiger partial charge is 0.507 e. The second-order valence-corrected chi connectivity index (χ2v) is 8.97. The summed E-state index contributed by atoms with van der Waals surface area (Å²) in [6.07, 6.45) is -1.16. The number of fused-ring (bicyclic) bond motifs is 1. The summed E-state index contributed by atoms with van der Waals surface area (Å²) in [6, 6.07) is 2.05. The summed E-state index contributed by atoms with van der Waals surface area (Å²) in [5.74, 6) is -3.99. The molecule has 2 aromatic rings. The number of esters is 1. The third kappa shape index (κ3) is 4.72. The predicted molar refractivity (Wildman–Crippen MR) is 113 cm³/mol. The Hall–Kier alpha value is -2.59. The minimum Gasteiger partial charge on any atom is -0.507 e. The molecule has 2 fully saturated rings. The van der Waals surface area contributed by atoms with Crippen LogP contribution >= 0.6 is 0 Å². The van der Waals surface area contributed by atoms with Gasteiger partial charge in [-0.05, 0) is 32.9 Å². The van der Waals surface area contributed by atoms with Crippen LogP contribution in [-0.2, 0) is 4.79 Å². The van der Waals surface area contributed by atoms with Crippen LogP contribution in [0.15, 0.2) is 21.3 Å². The Kier molecular flexibility index (Phi) is 6.41. The van der Waals surface area contributed by atoms with E-state index in [1.54, 1.807) is 0 Å². The van der Waals surface area contributed by atoms with Gasteiger partial charge < -0.3 is 24.3 Å². The van der Waals surface area contributed by atoms with Gasteiger partial charge in [0.1, 0.15) is 28.2 Å². The van der Waals surface area contributed by atoms with Gasteiger partial charge >= 0.3 is 12.1 Å². The molecule has 0 bridgehead atoms. The summed E-state index contributed by atoms with van der Waals surface area (Å²) < 4.78 is 49.0. The average Bonchev–Trinajstić information content (AvgIpc) is 2.74. The Labute approximate surface area is 187 Å². The van der Waals surface area contributed by atoms with Gasteiger partial charge in [0, 0.05) is 36.1 Å². The first kappa shape index (κ1) is 23.6. The van der Waals surface area contributed by atoms with Crippen molar-refractivity contribution in [1.82, 2.24) is 4.90 Å². The van der Waals surface area contributed by atoms with Crippen molar-refractivity contribution in [1.29, 1.82) is 0 Å². The van der Waals surface area contributed by atoms with Gasteiger partial charge in [-0.15, -0.1) is 0 Å². The van der Waals surface area contributed by atoms with Crippen LogP contribution in [0.5, 0.6) is 11.5 Å². The van der Waals surface area contributed by atoms with Gasteiger partial charge in [0.2, 0.25) is 0 Å². The summed E-state index contributed by atoms with van der Waals surface area (Å²) >= 11 is 0. The van der Waals surface area contributed by atoms with Gasteiger partial charge in [-0.1, -0.05) is 19.3 Å². The number of β-amino-alcohol motifs (C(OH)–C–C–N with tert-alkyl or cyclic N) is 1. The van der Waals surface area contributed by atoms with Crippen LogP contribution in [0.2, 0.25) is 0 Å². The molecule has 10 heteroatoms. The number of phenols is 1. The Morgan fingerprint density at radius 3 is 2.52 bits per heavy atom. The molecular formula is C23H26F3NO6. The molecule has 0 unspecified atom stereocenters. The Morgan fingerprint density at radius 2 is 1.88 bits per heavy atom. The molecule has 1 aromatic heterocycles. The first-order valence-electron chi connectivity index (χ1n) is 11.1. The molecule has 1 aliphatic carbocycles. The zero-order valence-electron chi connectivity index (χ0n) is 18.2. The van der Waals surface area contributed by atoms with Gasteiger partial charge in [-0.2, -0.15) is 13.2 Å². The van der Waals surface area contributed by atoms with Crippen molar-refractivity contribution in [2.45, 2.75) is 62.6 Å². The number of nitrogens with zero attached hydrogens (tertiary/aromatic N) is 1. The Bertz CT molecular complexity index is 1110. The fourth-order valence-electron chi connectivity index (χ4n) is 4.94. The number of piperidine rings is 1. The standard InChI is InChI=1S/C23H26F3NO6/c1-27-8-7-13(16(30)11-27)19-14(28)10-18(33-22(31)23(24,25)26)20-15(29)9-17(32-21(19)20)12-5-3-2-4-6-12/h9-10,12-13,16,28,30H,2-8,11H2,1H3/t13-,16+/m0/s1. The number of aliphatic hydroxyl groups is 1. The minimum atomic E-state index is -5.28. The lowest BCUT2D eigenvalue weighted by molar-refractivity contribution is -0.189. The molecule has 1 aliphatic heterocycles. The van der Waals surface area contributed by atoms with Gasteiger partial charge in [0.15, 0.2) is 5.43 Å². The highest BCUT2D eigenvalue weighted by molar-refractivity contribution is 5.92. The third-order valence-corrected chi connectivity index (χ3v) is 6.60. The van der Waals surface area contributed by atoms with Crippen LogP contribution in [0.4, 0.5) is 13.2 Å². The number of phenolic OH excluding ortho intramolecular Hbond substituents is 1. The highest BCUT2D eigenvalue weighted by Gasteiger charge is 2.42. The van der Waals surface area contributed by atoms with Gasteiger partial charge in [0.25, 0.3) is 0 Å². The molecule has 7 nitrogen and oxygen atoms in total. The first-order valence-corrected chi connectivity index (χ1v) is 11.1. The number of ether oxygens (including phenoxy) is 1. The number of carbonyl (C=O) groups is 1. The quantitative estimate of drug-likeness (QED) is 0.521. The van der Waals surface area contributed by atoms with Crippen molar-refractivity contribution in [3.8, 4) is 11.5 Å². The van der Waals surface area contributed by atoms with E-state index in [0.717, 1.165) is 38.2 Å². The summed E-state index contributed by atoms with van der Waals surface area (Å²) in [5, 5.41) is 21.1. The molecule has 1 saturated carbocycles. The van der Waals surface area contributed by atoms with E-state index in [9.17, 15) is 33.0 Å². The zero-order valence-corrected chi connectivity index (χ0v) is 18.2. The van der Waals surface area contributed by atoms with E-state index < -0.39 is 41.1 Å². The fraction of sp³-hybridized carbons (Fsp3) is 0.565. The van der Waals surface area contributed by atoms with E-state index in [-0.39, 0.29) is 22.5 Å². The molecule has 1 saturated heterocycles. The third-order valence-electron chi connectivity index (χ3n) is 6.60. The second kappa shape index (κ2) is 8.98. The molecule has 0 amide bonds. The maximum atomic E-state index is 13.1. The molecule has 180 valence electrons. The molecule has 0 radical (unpaired) electrons. The van der Waals surface area contributed by atoms with E-state index >= 15 is 0 Å². The Morgan fingerprint density at radius 1 is 1.18 bits per heavy atom. The lowest BCUT2D eigenvalue weighted by Gasteiger charge is -2.34. The minimum absolute atomic E-state index is 0.0327. The monoisotopic (exact) mass is 469 g/mol. The van der Waals surface area contributed by atoms with Crippen LogP contribution in [0, 0.1) is 0 Å². The number of likely N-dealkylation sites (tertiary alicyclic amines) is 1. The molecular weight excluding hydrogens is 443 g/mol. The smallest absolute Gasteiger partial charge is 0.491 e. The Balaban J connectivity index is 1.91. The van der Waals surface area contributed by atoms with E-state index in [1.807, 2.05) is 11.9 Å². The summed E-state index contributed by atoms with van der Waals surface area (Å²) in [5.41, 5.74) is -0.653. The number of likely N-dealkylation sites (N-methyl/N-ethyl adjacent to an activating group) is 1. The number of aliphatic hydroxyl groups excluding tert-OH is 1. The van der Waals surface area contributed by atoms with Crippen LogP contribution in [0.3, 0.4) is 0 Å². The van der Waals surface area contributed by atoms with Crippen LogP contribution < -0.4 is 10.2 Å². The van der Waals surface area contributed by atoms with Crippen LogP contribution in [0.1, 0.15) is 61.7 Å². The molecule has 33 heavy (non-hydrogen) atoms. The van der Waals surface area contributed by atoms with E-state index in [0.29, 0.717) is 25.3 Å². The number of hydrogen-bond acceptors (Lipinski definition) is 7. The van der Waals surface area contributed by atoms with E-state index in [1.165, 1.54) is 6.07 Å². The lowest BCUT2D eigenvalue weighted by Crippen LogP contribution is -2.40. The highest BCUT2D eigenvalue weighted by Crippen LogP contribution is 2.44. The molecule has 2 atom stereocenters. The molecule has 2 N–H and O–H groups in total. The number of carbonyl (C=O) groups excluding carboxylic acids is 1. The van der Waals surface area contributed by atoms with Crippen LogP contribution in [-0.4, -0.2) is 53.5 Å². The number of hydrogen-bond donors (Lipinski definition) is 2. The van der Waals surface area contributed by atoms with Crippen molar-refractivity contribution in [2.24, 2.45) is 0 Å². The number of halogens is 3. The summed E-state index contributed by atoms with van der Waals surface area (Å²) in [6.45, 7) is 0.906. The van der Waals surface area contributed by atoms with E-state index in [2.05, 4.69) is 4.74 Å². The van der Waals surface area contributed by atoms with Crippen molar-refractivity contribution >= 4 is 16.9 Å². The highest BCUT2D eigenvalue weighted by atomic mass is 19.4. The zero-order chi connectivity index (χ0) is 23.9. The number of alkyl halides is 3. The number of benzene rings is 1. The second-order valence-electron chi connectivity index (χ2n) is 8.97. The first-order chi connectivity index (χ1) is 15.6. The molecule has 2 heterocycles. The topological polar surface area (TPSA) is 100 Å². The summed E-state index contributed by atoms with van der Waals surface area (Å²) in [7, 11) is 1.83. The molecule has 2 aliphatic rings. The van der Waals surface area contributed by atoms with Crippen molar-refractivity contribution in [3.05, 3.63) is 33.7 Å². The molecule has 0 spiro atoms. The van der Waals surface area contributed by atoms with Crippen molar-refractivity contribution in [3.63, 3.8) is 0 Å². The van der Waals surface area contributed by atoms with E-state index in [4.69, 9.17) is 4.42 Å². The van der Waals surface area contributed by atoms with Gasteiger partial charge in [-0.3, -0.25) is 4.79 Å². The number of aromatic hydroxyl groups is 1. The van der Waals surface area contributed by atoms with Gasteiger partial charge in [0.05, 0.1) is 6.10 Å². The fourth-order valence-corrected chi connectivity index (χ4v) is 4.94. The predicted octanol–water partition coefficient (Wildman–Crippen LogP) is 3.79. The number of rotatable bonds is 3. The average molecular weight is 469 g/mol. The molecule has 4 rings (SSSR count).